The summed E-state index contributed by atoms with van der Waals surface area (Å²) in [4.78, 5) is 69.6. The molecule has 15 nitrogen and oxygen atoms in total. The molecule has 2 aromatic heterocycles. The molecule has 5 unspecified atom stereocenters. The number of methoxy groups -OCH3 is 1. The van der Waals surface area contributed by atoms with Gasteiger partial charge in [0.2, 0.25) is 21.8 Å². The average Bonchev–Trinajstić information content (AvgIpc) is 4.14. The molecule has 3 N–H and O–H groups in total. The number of nitrogens with zero attached hydrogens (tertiary/aromatic N) is 4. The Kier molecular flexibility index (Phi) is 10.5. The molecule has 6 aliphatic rings. The first-order valence-corrected chi connectivity index (χ1v) is 23.4. The van der Waals surface area contributed by atoms with Crippen LogP contribution in [0.15, 0.2) is 35.7 Å². The quantitative estimate of drug-likeness (QED) is 0.255. The van der Waals surface area contributed by atoms with E-state index in [-0.39, 0.29) is 25.4 Å². The van der Waals surface area contributed by atoms with E-state index in [0.29, 0.717) is 67.4 Å². The van der Waals surface area contributed by atoms with Crippen LogP contribution in [0.25, 0.3) is 21.6 Å². The van der Waals surface area contributed by atoms with Crippen LogP contribution in [0.1, 0.15) is 94.2 Å². The van der Waals surface area contributed by atoms with Crippen molar-refractivity contribution in [1.82, 2.24) is 35.1 Å². The number of sulfonamides is 1. The molecule has 5 amide bonds. The van der Waals surface area contributed by atoms with Crippen molar-refractivity contribution in [2.24, 2.45) is 5.92 Å². The van der Waals surface area contributed by atoms with E-state index >= 15 is 0 Å². The lowest BCUT2D eigenvalue weighted by Gasteiger charge is -2.34. The van der Waals surface area contributed by atoms with E-state index in [9.17, 15) is 27.6 Å². The summed E-state index contributed by atoms with van der Waals surface area (Å²) in [5.74, 6) is -0.526. The molecule has 9 rings (SSSR count). The third-order valence-corrected chi connectivity index (χ3v) is 15.4. The zero-order valence-corrected chi connectivity index (χ0v) is 35.0. The number of likely N-dealkylation sites (tertiary alicyclic amines) is 1. The van der Waals surface area contributed by atoms with Gasteiger partial charge in [0.05, 0.1) is 30.1 Å². The normalized spacial score (nSPS) is 27.4. The molecule has 2 saturated heterocycles. The van der Waals surface area contributed by atoms with E-state index in [1.165, 1.54) is 16.2 Å². The zero-order chi connectivity index (χ0) is 41.1. The Balaban J connectivity index is 1.05. The number of carbonyl (C=O) groups excluding carboxylic acids is 4. The fraction of sp³-hybridized carbons (Fsp3) is 0.571. The first-order chi connectivity index (χ1) is 28.4. The van der Waals surface area contributed by atoms with Gasteiger partial charge < -0.3 is 29.9 Å². The van der Waals surface area contributed by atoms with Gasteiger partial charge >= 0.3 is 6.03 Å². The van der Waals surface area contributed by atoms with Gasteiger partial charge in [0.1, 0.15) is 45.9 Å². The van der Waals surface area contributed by atoms with Gasteiger partial charge in [-0.25, -0.2) is 23.2 Å². The summed E-state index contributed by atoms with van der Waals surface area (Å²) < 4.78 is 40.6. The van der Waals surface area contributed by atoms with Crippen molar-refractivity contribution >= 4 is 56.0 Å². The molecule has 5 heterocycles. The fourth-order valence-corrected chi connectivity index (χ4v) is 10.8. The number of carbonyl (C=O) groups is 4. The summed E-state index contributed by atoms with van der Waals surface area (Å²) in [5.41, 5.74) is 1.71. The Morgan fingerprint density at radius 2 is 1.83 bits per heavy atom. The Morgan fingerprint density at radius 3 is 2.56 bits per heavy atom. The number of allylic oxidation sites excluding steroid dienone is 1. The maximum Gasteiger partial charge on any atom is 0.318 e. The number of nitrogens with one attached hydrogen (secondary N) is 3. The number of urea groups is 1. The molecule has 1 aromatic carbocycles. The number of amides is 5. The summed E-state index contributed by atoms with van der Waals surface area (Å²) in [7, 11) is -2.28. The molecule has 0 spiro atoms. The lowest BCUT2D eigenvalue weighted by molar-refractivity contribution is -0.141. The summed E-state index contributed by atoms with van der Waals surface area (Å²) in [6, 6.07) is 3.32. The van der Waals surface area contributed by atoms with Gasteiger partial charge in [0.15, 0.2) is 0 Å². The number of benzene rings is 1. The van der Waals surface area contributed by atoms with Crippen LogP contribution >= 0.6 is 11.3 Å². The Hall–Kier alpha value is -4.77. The third kappa shape index (κ3) is 7.99. The molecule has 314 valence electrons. The molecule has 5 fully saturated rings. The molecule has 59 heavy (non-hydrogen) atoms. The van der Waals surface area contributed by atoms with Crippen molar-refractivity contribution in [2.75, 3.05) is 26.7 Å². The number of aromatic nitrogens is 2. The second-order valence-electron chi connectivity index (χ2n) is 17.0. The van der Waals surface area contributed by atoms with Crippen LogP contribution in [0.5, 0.6) is 11.5 Å². The highest BCUT2D eigenvalue weighted by Gasteiger charge is 2.62. The number of pyridine rings is 1. The summed E-state index contributed by atoms with van der Waals surface area (Å²) in [5, 5.41) is 8.86. The zero-order valence-electron chi connectivity index (χ0n) is 33.4. The van der Waals surface area contributed by atoms with Crippen molar-refractivity contribution in [3.8, 4) is 22.2 Å². The monoisotopic (exact) mass is 845 g/mol. The number of aryl methyl sites for hydroxylation is 1. The number of hydrogen-bond acceptors (Lipinski definition) is 11. The van der Waals surface area contributed by atoms with Crippen LogP contribution in [0.2, 0.25) is 0 Å². The molecule has 3 aromatic rings. The van der Waals surface area contributed by atoms with Crippen molar-refractivity contribution in [3.63, 3.8) is 0 Å². The second kappa shape index (κ2) is 15.7. The molecule has 0 radical (unpaired) electrons. The highest BCUT2D eigenvalue weighted by atomic mass is 32.2. The Bertz CT molecular complexity index is 2320. The highest BCUT2D eigenvalue weighted by molar-refractivity contribution is 7.91. The van der Waals surface area contributed by atoms with E-state index in [0.717, 1.165) is 60.2 Å². The van der Waals surface area contributed by atoms with Crippen LogP contribution in [0.3, 0.4) is 0 Å². The summed E-state index contributed by atoms with van der Waals surface area (Å²) >= 11 is 1.53. The smallest absolute Gasteiger partial charge is 0.318 e. The fourth-order valence-electron chi connectivity index (χ4n) is 8.56. The SMILES string of the molecule is COc1ccc2c(OC3CC4C(=O)NC5(C(=O)NS(=O)(=O)C6CC6)CC5C=CCCCCCC(NC(=O)N5CCC5)C(=O)N4C3)cc(-c3nc(C4CC4)cs3)nc2c1C. The van der Waals surface area contributed by atoms with Crippen LogP contribution < -0.4 is 24.8 Å². The first-order valence-electron chi connectivity index (χ1n) is 21.0. The minimum absolute atomic E-state index is 0.0307. The number of thiazole rings is 1. The van der Waals surface area contributed by atoms with E-state index < -0.39 is 62.6 Å². The summed E-state index contributed by atoms with van der Waals surface area (Å²) in [6.45, 7) is 3.19. The summed E-state index contributed by atoms with van der Waals surface area (Å²) in [6.07, 6.45) is 11.0. The molecule has 17 heteroatoms. The minimum Gasteiger partial charge on any atom is -0.496 e. The van der Waals surface area contributed by atoms with E-state index in [2.05, 4.69) is 20.7 Å². The maximum atomic E-state index is 14.7. The van der Waals surface area contributed by atoms with Crippen molar-refractivity contribution in [1.29, 1.82) is 0 Å². The van der Waals surface area contributed by atoms with Gasteiger partial charge in [-0.15, -0.1) is 11.3 Å². The molecule has 5 atom stereocenters. The van der Waals surface area contributed by atoms with Crippen LogP contribution in [-0.4, -0.2) is 108 Å². The molecule has 3 saturated carbocycles. The predicted molar refractivity (Wildman–Crippen MR) is 220 cm³/mol. The van der Waals surface area contributed by atoms with Crippen molar-refractivity contribution in [3.05, 3.63) is 47.0 Å². The lowest BCUT2D eigenvalue weighted by atomic mass is 10.0. The largest absolute Gasteiger partial charge is 0.496 e. The van der Waals surface area contributed by atoms with Crippen LogP contribution in [0.4, 0.5) is 4.79 Å². The van der Waals surface area contributed by atoms with Gasteiger partial charge in [-0.2, -0.15) is 0 Å². The van der Waals surface area contributed by atoms with Gasteiger partial charge in [0.25, 0.3) is 5.91 Å². The average molecular weight is 846 g/mol. The van der Waals surface area contributed by atoms with Gasteiger partial charge in [-0.05, 0) is 76.8 Å². The van der Waals surface area contributed by atoms with Crippen molar-refractivity contribution < 1.29 is 37.1 Å². The lowest BCUT2D eigenvalue weighted by Crippen LogP contribution is -2.59. The van der Waals surface area contributed by atoms with E-state index in [4.69, 9.17) is 19.4 Å². The van der Waals surface area contributed by atoms with E-state index in [1.54, 1.807) is 12.0 Å². The molecule has 3 aliphatic carbocycles. The number of hydrogen-bond donors (Lipinski definition) is 3. The number of rotatable bonds is 9. The first kappa shape index (κ1) is 39.7. The third-order valence-electron chi connectivity index (χ3n) is 12.7. The molecular formula is C42H51N7O8S2. The van der Waals surface area contributed by atoms with Gasteiger partial charge in [-0.1, -0.05) is 25.0 Å². The molecule has 0 bridgehead atoms. The molecule has 3 aliphatic heterocycles. The Labute approximate surface area is 347 Å². The van der Waals surface area contributed by atoms with E-state index in [1.807, 2.05) is 37.3 Å². The second-order valence-corrected chi connectivity index (χ2v) is 19.8. The van der Waals surface area contributed by atoms with Crippen molar-refractivity contribution in [2.45, 2.75) is 119 Å². The van der Waals surface area contributed by atoms with Gasteiger partial charge in [0, 0.05) is 53.7 Å². The Morgan fingerprint density at radius 1 is 1.02 bits per heavy atom. The van der Waals surface area contributed by atoms with Crippen LogP contribution in [0, 0.1) is 12.8 Å². The highest BCUT2D eigenvalue weighted by Crippen LogP contribution is 2.47. The minimum atomic E-state index is -3.89. The predicted octanol–water partition coefficient (Wildman–Crippen LogP) is 4.69. The van der Waals surface area contributed by atoms with Crippen LogP contribution in [-0.2, 0) is 24.4 Å². The topological polar surface area (TPSA) is 189 Å². The number of ether oxygens (including phenoxy) is 2. The molecular weight excluding hydrogens is 795 g/mol. The standard InChI is InChI=1S/C42H51N7O8S2/c1-24-34(56-2)16-15-29-35(20-31(43-36(24)29)38-44-32(23-58-38)25-11-12-25)57-27-19-33-37(50)46-42(40(52)47-59(54,55)28-13-14-28)21-26(42)9-6-4-3-5-7-10-30(39(51)49(33)22-27)45-41(53)48-17-8-18-48/h6,9,15-16,20,23,25-28,30,33H,3-5,7-8,10-14,17-19,21-22H2,1-2H3,(H,45,53)(H,46,50)(H,47,52). The van der Waals surface area contributed by atoms with Gasteiger partial charge in [-0.3, -0.25) is 19.1 Å². The maximum absolute atomic E-state index is 14.7. The number of fused-ring (bicyclic) bond motifs is 3.